The zero-order chi connectivity index (χ0) is 21.5. The molecule has 1 aromatic heterocycles. The SMILES string of the molecule is CCC(=O)Nc1ccc(O)c(C(=O)NCC2CCN(Cc3csc(CC)n3)CC2)c1. The molecule has 0 atom stereocenters. The Kier molecular flexibility index (Phi) is 7.81. The number of hydrogen-bond donors (Lipinski definition) is 3. The average molecular weight is 431 g/mol. The Morgan fingerprint density at radius 3 is 2.70 bits per heavy atom. The molecule has 1 fully saturated rings. The number of carbonyl (C=O) groups is 2. The minimum Gasteiger partial charge on any atom is -0.507 e. The maximum Gasteiger partial charge on any atom is 0.255 e. The second-order valence-corrected chi connectivity index (χ2v) is 8.59. The van der Waals surface area contributed by atoms with E-state index in [2.05, 4.69) is 32.8 Å². The van der Waals surface area contributed by atoms with Gasteiger partial charge in [-0.1, -0.05) is 13.8 Å². The molecule has 1 saturated heterocycles. The summed E-state index contributed by atoms with van der Waals surface area (Å²) in [6, 6.07) is 4.53. The van der Waals surface area contributed by atoms with Crippen LogP contribution in [0.3, 0.4) is 0 Å². The van der Waals surface area contributed by atoms with E-state index < -0.39 is 0 Å². The molecule has 2 heterocycles. The van der Waals surface area contributed by atoms with Gasteiger partial charge in [0.05, 0.1) is 16.3 Å². The van der Waals surface area contributed by atoms with Crippen molar-refractivity contribution >= 4 is 28.8 Å². The van der Waals surface area contributed by atoms with Gasteiger partial charge in [0.1, 0.15) is 5.75 Å². The number of phenols is 1. The number of thiazole rings is 1. The molecular formula is C22H30N4O3S. The summed E-state index contributed by atoms with van der Waals surface area (Å²) in [5.74, 6) is -0.136. The van der Waals surface area contributed by atoms with Crippen LogP contribution in [0.15, 0.2) is 23.6 Å². The molecule has 30 heavy (non-hydrogen) atoms. The van der Waals surface area contributed by atoms with Crippen LogP contribution in [0, 0.1) is 5.92 Å². The van der Waals surface area contributed by atoms with Gasteiger partial charge in [-0.2, -0.15) is 0 Å². The molecule has 1 aromatic carbocycles. The van der Waals surface area contributed by atoms with E-state index in [4.69, 9.17) is 0 Å². The Balaban J connectivity index is 1.46. The smallest absolute Gasteiger partial charge is 0.255 e. The van der Waals surface area contributed by atoms with Gasteiger partial charge >= 0.3 is 0 Å². The lowest BCUT2D eigenvalue weighted by molar-refractivity contribution is -0.115. The molecule has 7 nitrogen and oxygen atoms in total. The molecule has 0 radical (unpaired) electrons. The highest BCUT2D eigenvalue weighted by atomic mass is 32.1. The number of hydrogen-bond acceptors (Lipinski definition) is 6. The number of aromatic nitrogens is 1. The largest absolute Gasteiger partial charge is 0.507 e. The van der Waals surface area contributed by atoms with Crippen LogP contribution >= 0.6 is 11.3 Å². The number of likely N-dealkylation sites (tertiary alicyclic amines) is 1. The fourth-order valence-electron chi connectivity index (χ4n) is 3.54. The van der Waals surface area contributed by atoms with E-state index in [0.717, 1.165) is 44.6 Å². The van der Waals surface area contributed by atoms with Crippen molar-refractivity contribution in [2.24, 2.45) is 5.92 Å². The first kappa shape index (κ1) is 22.2. The molecule has 0 bridgehead atoms. The maximum absolute atomic E-state index is 12.6. The molecule has 0 aliphatic carbocycles. The van der Waals surface area contributed by atoms with Crippen LogP contribution in [0.2, 0.25) is 0 Å². The number of anilines is 1. The van der Waals surface area contributed by atoms with Crippen LogP contribution in [0.1, 0.15) is 54.2 Å². The number of piperidine rings is 1. The summed E-state index contributed by atoms with van der Waals surface area (Å²) < 4.78 is 0. The van der Waals surface area contributed by atoms with Crippen molar-refractivity contribution < 1.29 is 14.7 Å². The fourth-order valence-corrected chi connectivity index (χ4v) is 4.27. The van der Waals surface area contributed by atoms with Crippen LogP contribution in [0.5, 0.6) is 5.75 Å². The first-order chi connectivity index (χ1) is 14.5. The van der Waals surface area contributed by atoms with E-state index in [1.807, 2.05) is 0 Å². The van der Waals surface area contributed by atoms with Crippen molar-refractivity contribution in [3.63, 3.8) is 0 Å². The number of aryl methyl sites for hydroxylation is 1. The number of carbonyl (C=O) groups excluding carboxylic acids is 2. The lowest BCUT2D eigenvalue weighted by atomic mass is 9.96. The molecule has 0 unspecified atom stereocenters. The Morgan fingerprint density at radius 2 is 2.03 bits per heavy atom. The summed E-state index contributed by atoms with van der Waals surface area (Å²) in [7, 11) is 0. The third-order valence-electron chi connectivity index (χ3n) is 5.39. The first-order valence-corrected chi connectivity index (χ1v) is 11.4. The van der Waals surface area contributed by atoms with Gasteiger partial charge in [0, 0.05) is 30.6 Å². The van der Waals surface area contributed by atoms with Gasteiger partial charge in [-0.3, -0.25) is 14.5 Å². The number of benzene rings is 1. The normalized spacial score (nSPS) is 15.1. The second-order valence-electron chi connectivity index (χ2n) is 7.65. The summed E-state index contributed by atoms with van der Waals surface area (Å²) in [5, 5.41) is 19.0. The van der Waals surface area contributed by atoms with Crippen molar-refractivity contribution in [3.05, 3.63) is 39.8 Å². The number of nitrogens with zero attached hydrogens (tertiary/aromatic N) is 2. The molecule has 2 aromatic rings. The van der Waals surface area contributed by atoms with Crippen LogP contribution in [0.25, 0.3) is 0 Å². The minimum atomic E-state index is -0.322. The zero-order valence-electron chi connectivity index (χ0n) is 17.6. The standard InChI is InChI=1S/C22H30N4O3S/c1-3-20(28)24-16-5-6-19(27)18(11-16)22(29)23-12-15-7-9-26(10-8-15)13-17-14-30-21(4-2)25-17/h5-6,11,14-15,27H,3-4,7-10,12-13H2,1-2H3,(H,23,29)(H,24,28). The van der Waals surface area contributed by atoms with Gasteiger partial charge in [0.2, 0.25) is 5.91 Å². The van der Waals surface area contributed by atoms with E-state index in [1.165, 1.54) is 17.1 Å². The Morgan fingerprint density at radius 1 is 1.27 bits per heavy atom. The molecule has 0 saturated carbocycles. The van der Waals surface area contributed by atoms with Crippen LogP contribution in [0.4, 0.5) is 5.69 Å². The molecule has 1 aliphatic heterocycles. The molecule has 3 rings (SSSR count). The number of aromatic hydroxyl groups is 1. The summed E-state index contributed by atoms with van der Waals surface area (Å²) in [4.78, 5) is 31.2. The van der Waals surface area contributed by atoms with E-state index >= 15 is 0 Å². The summed E-state index contributed by atoms with van der Waals surface area (Å²) in [5.41, 5.74) is 1.83. The van der Waals surface area contributed by atoms with Gasteiger partial charge in [0.15, 0.2) is 0 Å². The summed E-state index contributed by atoms with van der Waals surface area (Å²) in [6.45, 7) is 7.33. The Labute approximate surface area is 181 Å². The number of amides is 2. The molecule has 8 heteroatoms. The van der Waals surface area contributed by atoms with E-state index in [-0.39, 0.29) is 23.1 Å². The van der Waals surface area contributed by atoms with Gasteiger partial charge in [-0.25, -0.2) is 4.98 Å². The molecule has 0 spiro atoms. The van der Waals surface area contributed by atoms with Gasteiger partial charge < -0.3 is 15.7 Å². The first-order valence-electron chi connectivity index (χ1n) is 10.5. The Bertz CT molecular complexity index is 875. The lowest BCUT2D eigenvalue weighted by Crippen LogP contribution is -2.38. The van der Waals surface area contributed by atoms with E-state index in [0.29, 0.717) is 24.6 Å². The minimum absolute atomic E-state index is 0.0912. The van der Waals surface area contributed by atoms with Gasteiger partial charge in [-0.15, -0.1) is 11.3 Å². The average Bonchev–Trinajstić information content (AvgIpc) is 3.21. The Hall–Kier alpha value is -2.45. The van der Waals surface area contributed by atoms with Crippen molar-refractivity contribution in [1.29, 1.82) is 0 Å². The van der Waals surface area contributed by atoms with Crippen molar-refractivity contribution in [2.75, 3.05) is 25.0 Å². The molecule has 1 aliphatic rings. The fraction of sp³-hybridized carbons (Fsp3) is 0.500. The van der Waals surface area contributed by atoms with E-state index in [1.54, 1.807) is 24.3 Å². The van der Waals surface area contributed by atoms with Crippen LogP contribution < -0.4 is 10.6 Å². The van der Waals surface area contributed by atoms with Gasteiger partial charge in [-0.05, 0) is 56.5 Å². The molecular weight excluding hydrogens is 400 g/mol. The lowest BCUT2D eigenvalue weighted by Gasteiger charge is -2.31. The highest BCUT2D eigenvalue weighted by Gasteiger charge is 2.21. The third kappa shape index (κ3) is 6.03. The maximum atomic E-state index is 12.6. The summed E-state index contributed by atoms with van der Waals surface area (Å²) >= 11 is 1.73. The van der Waals surface area contributed by atoms with Crippen molar-refractivity contribution in [3.8, 4) is 5.75 Å². The highest BCUT2D eigenvalue weighted by molar-refractivity contribution is 7.09. The van der Waals surface area contributed by atoms with E-state index in [9.17, 15) is 14.7 Å². The monoisotopic (exact) mass is 430 g/mol. The predicted octanol–water partition coefficient (Wildman–Crippen LogP) is 3.40. The third-order valence-corrected chi connectivity index (χ3v) is 6.43. The molecule has 2 amide bonds. The predicted molar refractivity (Wildman–Crippen MR) is 119 cm³/mol. The quantitative estimate of drug-likeness (QED) is 0.558. The van der Waals surface area contributed by atoms with Crippen molar-refractivity contribution in [2.45, 2.75) is 46.1 Å². The molecule has 162 valence electrons. The van der Waals surface area contributed by atoms with Gasteiger partial charge in [0.25, 0.3) is 5.91 Å². The topological polar surface area (TPSA) is 94.6 Å². The molecule has 3 N–H and O–H groups in total. The highest BCUT2D eigenvalue weighted by Crippen LogP contribution is 2.23. The number of rotatable bonds is 8. The summed E-state index contributed by atoms with van der Waals surface area (Å²) in [6.07, 6.45) is 3.37. The van der Waals surface area contributed by atoms with Crippen LogP contribution in [-0.4, -0.2) is 46.4 Å². The second kappa shape index (κ2) is 10.5. The number of phenolic OH excluding ortho intramolecular Hbond substituents is 1. The van der Waals surface area contributed by atoms with Crippen molar-refractivity contribution in [1.82, 2.24) is 15.2 Å². The number of nitrogens with one attached hydrogen (secondary N) is 2. The van der Waals surface area contributed by atoms with Crippen LogP contribution in [-0.2, 0) is 17.8 Å². The zero-order valence-corrected chi connectivity index (χ0v) is 18.4.